The van der Waals surface area contributed by atoms with Crippen LogP contribution in [-0.4, -0.2) is 25.7 Å². The predicted octanol–water partition coefficient (Wildman–Crippen LogP) is -0.914. The summed E-state index contributed by atoms with van der Waals surface area (Å²) in [6, 6.07) is 0.263. The van der Waals surface area contributed by atoms with Crippen LogP contribution in [0.3, 0.4) is 0 Å². The van der Waals surface area contributed by atoms with Crippen molar-refractivity contribution in [2.45, 2.75) is 12.5 Å². The molecule has 0 fully saturated rings. The maximum Gasteiger partial charge on any atom is 0.00801 e. The number of hydrogen-bond acceptors (Lipinski definition) is 3. The van der Waals surface area contributed by atoms with E-state index in [1.54, 1.807) is 0 Å². The van der Waals surface area contributed by atoms with Crippen LogP contribution in [0.2, 0.25) is 0 Å². The van der Waals surface area contributed by atoms with Gasteiger partial charge in [-0.25, -0.2) is 0 Å². The molecule has 0 amide bonds. The molecule has 55 valence electrons. The molecule has 0 rings (SSSR count). The Balaban J connectivity index is 2.95. The lowest BCUT2D eigenvalue weighted by Gasteiger charge is -2.10. The van der Waals surface area contributed by atoms with E-state index in [1.165, 1.54) is 0 Å². The summed E-state index contributed by atoms with van der Waals surface area (Å²) >= 11 is 0. The number of hydrogen-bond donors (Lipinski definition) is 3. The van der Waals surface area contributed by atoms with E-state index in [2.05, 4.69) is 12.2 Å². The molecule has 3 heteroatoms. The summed E-state index contributed by atoms with van der Waals surface area (Å²) in [4.78, 5) is 0. The van der Waals surface area contributed by atoms with E-state index in [9.17, 15) is 0 Å². The van der Waals surface area contributed by atoms with Gasteiger partial charge in [-0.15, -0.1) is 0 Å². The first-order valence-electron chi connectivity index (χ1n) is 3.28. The number of nitrogens with two attached hydrogens (primary N) is 2. The Morgan fingerprint density at radius 1 is 1.33 bits per heavy atom. The number of rotatable bonds is 5. The van der Waals surface area contributed by atoms with Gasteiger partial charge in [0, 0.05) is 19.1 Å². The zero-order chi connectivity index (χ0) is 7.11. The number of nitrogens with one attached hydrogen (secondary N) is 1. The summed E-state index contributed by atoms with van der Waals surface area (Å²) in [5.41, 5.74) is 10.5. The smallest absolute Gasteiger partial charge is 0.00801 e. The van der Waals surface area contributed by atoms with E-state index in [4.69, 9.17) is 11.5 Å². The van der Waals surface area contributed by atoms with Crippen molar-refractivity contribution in [2.24, 2.45) is 11.5 Å². The molecular weight excluding hydrogens is 114 g/mol. The average molecular weight is 130 g/mol. The van der Waals surface area contributed by atoms with Crippen LogP contribution in [0.15, 0.2) is 0 Å². The van der Waals surface area contributed by atoms with E-state index in [-0.39, 0.29) is 6.04 Å². The quantitative estimate of drug-likeness (QED) is 0.451. The maximum absolute atomic E-state index is 5.29. The van der Waals surface area contributed by atoms with E-state index in [0.717, 1.165) is 13.0 Å². The molecule has 0 saturated carbocycles. The molecule has 1 atom stereocenters. The van der Waals surface area contributed by atoms with Gasteiger partial charge in [0.05, 0.1) is 0 Å². The van der Waals surface area contributed by atoms with Gasteiger partial charge in [0.2, 0.25) is 0 Å². The van der Waals surface area contributed by atoms with Crippen molar-refractivity contribution in [1.29, 1.82) is 0 Å². The molecule has 9 heavy (non-hydrogen) atoms. The van der Waals surface area contributed by atoms with Gasteiger partial charge in [-0.05, 0) is 19.9 Å². The van der Waals surface area contributed by atoms with Crippen LogP contribution in [0.4, 0.5) is 0 Å². The molecule has 3 nitrogen and oxygen atoms in total. The van der Waals surface area contributed by atoms with Gasteiger partial charge in [-0.3, -0.25) is 0 Å². The third kappa shape index (κ3) is 5.76. The van der Waals surface area contributed by atoms with Crippen LogP contribution < -0.4 is 16.8 Å². The van der Waals surface area contributed by atoms with E-state index in [1.807, 2.05) is 0 Å². The van der Waals surface area contributed by atoms with Gasteiger partial charge in [0.15, 0.2) is 0 Å². The molecule has 1 radical (unpaired) electrons. The average Bonchev–Trinajstić information content (AvgIpc) is 1.85. The molecule has 0 saturated heterocycles. The summed E-state index contributed by atoms with van der Waals surface area (Å²) in [5.74, 6) is 0. The molecule has 1 unspecified atom stereocenters. The fraction of sp³-hybridized carbons (Fsp3) is 0.833. The Labute approximate surface area is 56.8 Å². The minimum absolute atomic E-state index is 0.263. The van der Waals surface area contributed by atoms with Crippen molar-refractivity contribution in [3.05, 3.63) is 6.92 Å². The zero-order valence-corrected chi connectivity index (χ0v) is 5.77. The normalized spacial score (nSPS) is 13.7. The van der Waals surface area contributed by atoms with Crippen molar-refractivity contribution in [3.8, 4) is 0 Å². The third-order valence-corrected chi connectivity index (χ3v) is 1.09. The molecule has 0 aliphatic rings. The molecule has 0 aliphatic heterocycles. The van der Waals surface area contributed by atoms with Gasteiger partial charge in [0.25, 0.3) is 0 Å². The van der Waals surface area contributed by atoms with Crippen LogP contribution in [0.5, 0.6) is 0 Å². The first kappa shape index (κ1) is 8.88. The molecule has 0 aromatic heterocycles. The first-order valence-corrected chi connectivity index (χ1v) is 3.28. The lowest BCUT2D eigenvalue weighted by Crippen LogP contribution is -2.32. The zero-order valence-electron chi connectivity index (χ0n) is 5.77. The van der Waals surface area contributed by atoms with Crippen LogP contribution >= 0.6 is 0 Å². The monoisotopic (exact) mass is 130 g/mol. The topological polar surface area (TPSA) is 64.1 Å². The summed E-state index contributed by atoms with van der Waals surface area (Å²) in [7, 11) is 0. The van der Waals surface area contributed by atoms with Gasteiger partial charge in [-0.1, -0.05) is 0 Å². The van der Waals surface area contributed by atoms with Gasteiger partial charge in [0.1, 0.15) is 0 Å². The molecule has 0 aromatic rings. The molecule has 0 spiro atoms. The van der Waals surface area contributed by atoms with Crippen LogP contribution in [0.1, 0.15) is 6.42 Å². The molecule has 5 N–H and O–H groups in total. The minimum atomic E-state index is 0.263. The third-order valence-electron chi connectivity index (χ3n) is 1.09. The first-order chi connectivity index (χ1) is 4.31. The van der Waals surface area contributed by atoms with Crippen molar-refractivity contribution in [1.82, 2.24) is 5.32 Å². The Hall–Kier alpha value is -0.120. The van der Waals surface area contributed by atoms with Crippen LogP contribution in [0, 0.1) is 6.92 Å². The summed E-state index contributed by atoms with van der Waals surface area (Å²) < 4.78 is 0. The summed E-state index contributed by atoms with van der Waals surface area (Å²) in [5, 5.41) is 3.12. The molecule has 0 aliphatic carbocycles. The SMILES string of the molecule is [CH2]C(CCN)NCCN. The fourth-order valence-corrected chi connectivity index (χ4v) is 0.591. The standard InChI is InChI=1S/C6H16N3/c1-6(2-3-7)9-5-4-8/h6,9H,1-5,7-8H2. The van der Waals surface area contributed by atoms with Crippen molar-refractivity contribution in [3.63, 3.8) is 0 Å². The Morgan fingerprint density at radius 2 is 2.00 bits per heavy atom. The second-order valence-electron chi connectivity index (χ2n) is 2.02. The highest BCUT2D eigenvalue weighted by Crippen LogP contribution is 1.83. The largest absolute Gasteiger partial charge is 0.330 e. The summed E-state index contributed by atoms with van der Waals surface area (Å²) in [6.45, 7) is 6.00. The lowest BCUT2D eigenvalue weighted by molar-refractivity contribution is 0.565. The highest BCUT2D eigenvalue weighted by molar-refractivity contribution is 4.68. The molecule has 0 aromatic carbocycles. The van der Waals surface area contributed by atoms with Crippen molar-refractivity contribution < 1.29 is 0 Å². The highest BCUT2D eigenvalue weighted by atomic mass is 14.9. The summed E-state index contributed by atoms with van der Waals surface area (Å²) in [6.07, 6.45) is 0.917. The lowest BCUT2D eigenvalue weighted by atomic mass is 10.2. The van der Waals surface area contributed by atoms with Gasteiger partial charge >= 0.3 is 0 Å². The predicted molar refractivity (Wildman–Crippen MR) is 39.9 cm³/mol. The van der Waals surface area contributed by atoms with Crippen molar-refractivity contribution >= 4 is 0 Å². The van der Waals surface area contributed by atoms with Gasteiger partial charge < -0.3 is 16.8 Å². The van der Waals surface area contributed by atoms with Crippen LogP contribution in [0.25, 0.3) is 0 Å². The Kier molecular flexibility index (Phi) is 5.93. The van der Waals surface area contributed by atoms with E-state index in [0.29, 0.717) is 13.1 Å². The van der Waals surface area contributed by atoms with Gasteiger partial charge in [-0.2, -0.15) is 0 Å². The Bertz CT molecular complexity index is 56.3. The molecule has 0 bridgehead atoms. The second-order valence-corrected chi connectivity index (χ2v) is 2.02. The highest BCUT2D eigenvalue weighted by Gasteiger charge is 1.95. The Morgan fingerprint density at radius 3 is 2.44 bits per heavy atom. The van der Waals surface area contributed by atoms with E-state index >= 15 is 0 Å². The molecular formula is C6H16N3. The fourth-order valence-electron chi connectivity index (χ4n) is 0.591. The maximum atomic E-state index is 5.29. The molecule has 0 heterocycles. The van der Waals surface area contributed by atoms with Crippen LogP contribution in [-0.2, 0) is 0 Å². The second kappa shape index (κ2) is 6.01. The van der Waals surface area contributed by atoms with E-state index < -0.39 is 0 Å². The minimum Gasteiger partial charge on any atom is -0.330 e. The van der Waals surface area contributed by atoms with Crippen molar-refractivity contribution in [2.75, 3.05) is 19.6 Å².